The van der Waals surface area contributed by atoms with Crippen molar-refractivity contribution >= 4 is 87.2 Å². The summed E-state index contributed by atoms with van der Waals surface area (Å²) in [6.07, 6.45) is 0. The zero-order valence-corrected chi connectivity index (χ0v) is 59.4. The highest BCUT2D eigenvalue weighted by molar-refractivity contribution is 6.12. The zero-order valence-electron chi connectivity index (χ0n) is 59.4. The molecule has 0 saturated carbocycles. The van der Waals surface area contributed by atoms with Crippen LogP contribution in [0.25, 0.3) is 98.6 Å². The van der Waals surface area contributed by atoms with E-state index in [1.165, 1.54) is 143 Å². The Morgan fingerprint density at radius 2 is 0.467 bits per heavy atom. The van der Waals surface area contributed by atoms with Crippen LogP contribution in [-0.4, -0.2) is 18.3 Å². The van der Waals surface area contributed by atoms with E-state index in [4.69, 9.17) is 0 Å². The molecule has 4 heteroatoms. The van der Waals surface area contributed by atoms with Crippen LogP contribution in [0.1, 0.15) is 169 Å². The molecule has 0 amide bonds. The summed E-state index contributed by atoms with van der Waals surface area (Å²) in [4.78, 5) is 0. The fourth-order valence-corrected chi connectivity index (χ4v) is 13.2. The third kappa shape index (κ3) is 12.7. The van der Waals surface area contributed by atoms with Crippen molar-refractivity contribution in [2.45, 2.75) is 171 Å². The van der Waals surface area contributed by atoms with Crippen molar-refractivity contribution in [3.05, 3.63) is 251 Å². The van der Waals surface area contributed by atoms with Gasteiger partial charge in [0.1, 0.15) is 0 Å². The highest BCUT2D eigenvalue weighted by atomic mass is 15.0. The Morgan fingerprint density at radius 3 is 0.761 bits per heavy atom. The molecule has 4 heterocycles. The molecule has 92 heavy (non-hydrogen) atoms. The third-order valence-corrected chi connectivity index (χ3v) is 19.1. The van der Waals surface area contributed by atoms with E-state index < -0.39 is 0 Å². The van der Waals surface area contributed by atoms with Gasteiger partial charge in [0, 0.05) is 90.6 Å². The minimum Gasteiger partial charge on any atom is -0.344 e. The van der Waals surface area contributed by atoms with E-state index in [9.17, 15) is 0 Å². The molecule has 0 fully saturated rings. The number of benzene rings is 10. The number of aromatic nitrogens is 4. The predicted octanol–water partition coefficient (Wildman–Crippen LogP) is 24.6. The quantitative estimate of drug-likeness (QED) is 0.164. The fourth-order valence-electron chi connectivity index (χ4n) is 13.2. The van der Waals surface area contributed by atoms with Crippen molar-refractivity contribution in [1.29, 1.82) is 0 Å². The van der Waals surface area contributed by atoms with Gasteiger partial charge in [-0.3, -0.25) is 0 Å². The zero-order chi connectivity index (χ0) is 66.4. The highest BCUT2D eigenvalue weighted by Crippen LogP contribution is 2.41. The number of hydrogen-bond donors (Lipinski definition) is 0. The van der Waals surface area contributed by atoms with Gasteiger partial charge in [0.25, 0.3) is 0 Å². The lowest BCUT2D eigenvalue weighted by molar-refractivity contribution is 0.590. The molecule has 0 atom stereocenters. The van der Waals surface area contributed by atoms with Crippen molar-refractivity contribution < 1.29 is 0 Å². The van der Waals surface area contributed by atoms with Crippen LogP contribution < -0.4 is 0 Å². The van der Waals surface area contributed by atoms with E-state index >= 15 is 0 Å². The lowest BCUT2D eigenvalue weighted by atomic mass is 9.85. The molecule has 0 N–H and O–H groups in total. The molecule has 0 saturated heterocycles. The summed E-state index contributed by atoms with van der Waals surface area (Å²) in [7, 11) is 4.28. The van der Waals surface area contributed by atoms with E-state index in [0.29, 0.717) is 0 Å². The average Bonchev–Trinajstić information content (AvgIpc) is 1.60. The second-order valence-corrected chi connectivity index (χ2v) is 32.4. The maximum atomic E-state index is 2.41. The number of para-hydroxylation sites is 2. The normalized spacial score (nSPS) is 12.7. The van der Waals surface area contributed by atoms with Crippen LogP contribution in [0.3, 0.4) is 0 Å². The summed E-state index contributed by atoms with van der Waals surface area (Å²) < 4.78 is 9.37. The Kier molecular flexibility index (Phi) is 16.8. The van der Waals surface area contributed by atoms with E-state index in [1.807, 2.05) is 0 Å². The van der Waals surface area contributed by atoms with Crippen molar-refractivity contribution in [2.75, 3.05) is 0 Å². The van der Waals surface area contributed by atoms with Crippen LogP contribution >= 0.6 is 0 Å². The van der Waals surface area contributed by atoms with Gasteiger partial charge in [-0.2, -0.15) is 0 Å². The van der Waals surface area contributed by atoms with Gasteiger partial charge in [0.05, 0.1) is 22.1 Å². The minimum absolute atomic E-state index is 0.133. The molecule has 0 bridgehead atoms. The Morgan fingerprint density at radius 1 is 0.207 bits per heavy atom. The van der Waals surface area contributed by atoms with E-state index in [2.05, 4.69) is 377 Å². The average molecular weight is 1210 g/mol. The van der Waals surface area contributed by atoms with Crippen LogP contribution in [0.4, 0.5) is 0 Å². The standard InChI is InChI=1S/2C27H31N.C21H27N.C13H11N/c1-18-8-12-21(13-9-18)28-24-14-10-19(26(2,3)4)16-22(24)23-17-20(27(5,6)7)11-15-25(23)28;1-18-9-8-10-21(15-18)28-24-13-11-19(26(2,3)4)16-22(24)23-17-20(27(5,6)7)12-14-25(23)28;1-20(2,3)14-8-10-18-16(12-14)17-13-15(21(4,5)6)9-11-19(17)22(18)7;1-14-12-8-4-2-6-10(12)11-7-3-5-9-13(11)14/h2*8-17H,1-7H3;8-13H,1-7H3;2-9H,1H3. The third-order valence-electron chi connectivity index (χ3n) is 19.1. The van der Waals surface area contributed by atoms with Crippen molar-refractivity contribution in [1.82, 2.24) is 18.3 Å². The molecule has 0 spiro atoms. The van der Waals surface area contributed by atoms with Crippen LogP contribution in [-0.2, 0) is 46.6 Å². The Labute approximate surface area is 549 Å². The van der Waals surface area contributed by atoms with Gasteiger partial charge >= 0.3 is 0 Å². The maximum absolute atomic E-state index is 2.41. The summed E-state index contributed by atoms with van der Waals surface area (Å²) in [5.41, 5.74) is 24.5. The van der Waals surface area contributed by atoms with Gasteiger partial charge in [-0.1, -0.05) is 227 Å². The van der Waals surface area contributed by atoms with Crippen LogP contribution in [0.15, 0.2) is 206 Å². The van der Waals surface area contributed by atoms with Crippen LogP contribution in [0, 0.1) is 13.8 Å². The second-order valence-electron chi connectivity index (χ2n) is 32.4. The van der Waals surface area contributed by atoms with Crippen molar-refractivity contribution in [3.63, 3.8) is 0 Å². The largest absolute Gasteiger partial charge is 0.344 e. The molecular weight excluding hydrogens is 1110 g/mol. The molecule has 10 aromatic carbocycles. The lowest BCUT2D eigenvalue weighted by Gasteiger charge is -2.19. The number of rotatable bonds is 2. The summed E-state index contributed by atoms with van der Waals surface area (Å²) in [5, 5.41) is 10.8. The molecule has 0 unspecified atom stereocenters. The summed E-state index contributed by atoms with van der Waals surface area (Å²) in [6.45, 7) is 45.4. The van der Waals surface area contributed by atoms with Gasteiger partial charge in [0.2, 0.25) is 0 Å². The Balaban J connectivity index is 0.000000129. The van der Waals surface area contributed by atoms with E-state index in [0.717, 1.165) is 0 Å². The first-order chi connectivity index (χ1) is 43.1. The molecule has 0 aliphatic carbocycles. The second kappa shape index (κ2) is 23.8. The Bertz CT molecular complexity index is 4790. The molecule has 472 valence electrons. The Hall–Kier alpha value is -8.60. The van der Waals surface area contributed by atoms with Gasteiger partial charge < -0.3 is 18.3 Å². The fraction of sp³-hybridized carbons (Fsp3) is 0.318. The molecule has 0 aliphatic rings. The maximum Gasteiger partial charge on any atom is 0.0541 e. The topological polar surface area (TPSA) is 19.7 Å². The van der Waals surface area contributed by atoms with E-state index in [1.54, 1.807) is 0 Å². The van der Waals surface area contributed by atoms with Gasteiger partial charge in [0.15, 0.2) is 0 Å². The molecule has 0 radical (unpaired) electrons. The first-order valence-electron chi connectivity index (χ1n) is 33.4. The summed E-state index contributed by atoms with van der Waals surface area (Å²) in [6, 6.07) is 76.4. The predicted molar refractivity (Wildman–Crippen MR) is 404 cm³/mol. The lowest BCUT2D eigenvalue weighted by Crippen LogP contribution is -2.10. The summed E-state index contributed by atoms with van der Waals surface area (Å²) in [5.74, 6) is 0. The first-order valence-corrected chi connectivity index (χ1v) is 33.4. The molecular formula is C88H100N4. The van der Waals surface area contributed by atoms with Crippen LogP contribution in [0.2, 0.25) is 0 Å². The van der Waals surface area contributed by atoms with E-state index in [-0.39, 0.29) is 32.5 Å². The molecule has 14 aromatic rings. The SMILES string of the molecule is Cc1ccc(-n2c3ccc(C(C)(C)C)cc3c3cc(C(C)(C)C)ccc32)cc1.Cc1cccc(-n2c3ccc(C(C)(C)C)cc3c3cc(C(C)(C)C)ccc32)c1.Cn1c2ccc(C(C)(C)C)cc2c2cc(C(C)(C)C)ccc21.Cn1c2ccccc2c2ccccc21. The molecule has 14 rings (SSSR count). The van der Waals surface area contributed by atoms with Gasteiger partial charge in [-0.15, -0.1) is 0 Å². The monoisotopic (exact) mass is 1210 g/mol. The van der Waals surface area contributed by atoms with Gasteiger partial charge in [-0.05, 0) is 194 Å². The first kappa shape index (κ1) is 64.9. The molecule has 4 nitrogen and oxygen atoms in total. The number of nitrogens with zero attached hydrogens (tertiary/aromatic N) is 4. The number of hydrogen-bond acceptors (Lipinski definition) is 0. The van der Waals surface area contributed by atoms with Crippen molar-refractivity contribution in [3.8, 4) is 11.4 Å². The number of aryl methyl sites for hydroxylation is 4. The highest BCUT2D eigenvalue weighted by Gasteiger charge is 2.24. The smallest absolute Gasteiger partial charge is 0.0541 e. The minimum atomic E-state index is 0.133. The van der Waals surface area contributed by atoms with Crippen molar-refractivity contribution in [2.24, 2.45) is 14.1 Å². The number of fused-ring (bicyclic) bond motifs is 12. The summed E-state index contributed by atoms with van der Waals surface area (Å²) >= 11 is 0. The van der Waals surface area contributed by atoms with Crippen LogP contribution in [0.5, 0.6) is 0 Å². The molecule has 0 aliphatic heterocycles. The molecule has 4 aromatic heterocycles. The van der Waals surface area contributed by atoms with Gasteiger partial charge in [-0.25, -0.2) is 0 Å².